The van der Waals surface area contributed by atoms with Crippen LogP contribution in [0.25, 0.3) is 0 Å². The number of halogens is 2. The van der Waals surface area contributed by atoms with E-state index in [0.717, 1.165) is 18.2 Å². The van der Waals surface area contributed by atoms with Crippen molar-refractivity contribution in [3.8, 4) is 0 Å². The Kier molecular flexibility index (Phi) is 3.29. The van der Waals surface area contributed by atoms with Crippen LogP contribution in [-0.4, -0.2) is 11.0 Å². The second-order valence-electron chi connectivity index (χ2n) is 3.04. The topological polar surface area (TPSA) is 54.0 Å². The number of thiazole rings is 1. The molecule has 17 heavy (non-hydrogen) atoms. The van der Waals surface area contributed by atoms with Crippen LogP contribution in [0.15, 0.2) is 29.8 Å². The van der Waals surface area contributed by atoms with Gasteiger partial charge in [0.15, 0.2) is 5.13 Å². The fourth-order valence-corrected chi connectivity index (χ4v) is 1.65. The van der Waals surface area contributed by atoms with Gasteiger partial charge < -0.3 is 5.32 Å². The lowest BCUT2D eigenvalue weighted by atomic mass is 10.3. The maximum absolute atomic E-state index is 13.2. The first-order valence-electron chi connectivity index (χ1n) is 4.58. The lowest BCUT2D eigenvalue weighted by molar-refractivity contribution is 0.262. The predicted octanol–water partition coefficient (Wildman–Crippen LogP) is 3.07. The van der Waals surface area contributed by atoms with E-state index < -0.39 is 17.7 Å². The van der Waals surface area contributed by atoms with Gasteiger partial charge in [0.2, 0.25) is 0 Å². The molecule has 1 heterocycles. The largest absolute Gasteiger partial charge is 0.325 e. The third-order valence-electron chi connectivity index (χ3n) is 1.83. The smallest absolute Gasteiger partial charge is 0.305 e. The number of carbonyl (C=O) groups is 1. The van der Waals surface area contributed by atoms with Crippen LogP contribution in [0, 0.1) is 11.6 Å². The zero-order chi connectivity index (χ0) is 12.3. The number of anilines is 2. The number of hydrogen-bond donors (Lipinski definition) is 2. The van der Waals surface area contributed by atoms with Gasteiger partial charge in [-0.05, 0) is 12.1 Å². The molecule has 0 aliphatic heterocycles. The minimum atomic E-state index is -0.708. The molecule has 1 aromatic carbocycles. The molecule has 2 aromatic rings. The summed E-state index contributed by atoms with van der Waals surface area (Å²) in [6.45, 7) is 0. The van der Waals surface area contributed by atoms with E-state index in [2.05, 4.69) is 15.6 Å². The van der Waals surface area contributed by atoms with Crippen LogP contribution >= 0.6 is 11.3 Å². The predicted molar refractivity (Wildman–Crippen MR) is 61.1 cm³/mol. The fraction of sp³-hybridized carbons (Fsp3) is 0. The first-order chi connectivity index (χ1) is 8.15. The van der Waals surface area contributed by atoms with Gasteiger partial charge in [-0.15, -0.1) is 11.3 Å². The number of nitrogens with zero attached hydrogens (tertiary/aromatic N) is 1. The van der Waals surface area contributed by atoms with Crippen molar-refractivity contribution in [3.05, 3.63) is 41.4 Å². The van der Waals surface area contributed by atoms with E-state index in [4.69, 9.17) is 0 Å². The number of hydrogen-bond acceptors (Lipinski definition) is 3. The van der Waals surface area contributed by atoms with Crippen LogP contribution in [0.5, 0.6) is 0 Å². The van der Waals surface area contributed by atoms with Crippen LogP contribution in [0.3, 0.4) is 0 Å². The van der Waals surface area contributed by atoms with Crippen molar-refractivity contribution >= 4 is 28.2 Å². The summed E-state index contributed by atoms with van der Waals surface area (Å²) in [6, 6.07) is 2.13. The summed E-state index contributed by atoms with van der Waals surface area (Å²) >= 11 is 1.22. The van der Waals surface area contributed by atoms with Gasteiger partial charge in [0.1, 0.15) is 11.6 Å². The first kappa shape index (κ1) is 11.5. The first-order valence-corrected chi connectivity index (χ1v) is 5.45. The highest BCUT2D eigenvalue weighted by Gasteiger charge is 2.08. The number of rotatable bonds is 2. The van der Waals surface area contributed by atoms with E-state index in [1.807, 2.05) is 0 Å². The SMILES string of the molecule is O=C(Nc1nccs1)Nc1cc(F)ccc1F. The second kappa shape index (κ2) is 4.88. The molecule has 0 bridgehead atoms. The van der Waals surface area contributed by atoms with Crippen molar-refractivity contribution in [1.82, 2.24) is 4.98 Å². The van der Waals surface area contributed by atoms with Crippen LogP contribution < -0.4 is 10.6 Å². The van der Waals surface area contributed by atoms with Gasteiger partial charge in [0.05, 0.1) is 5.69 Å². The number of urea groups is 1. The molecule has 2 amide bonds. The molecule has 0 fully saturated rings. The monoisotopic (exact) mass is 255 g/mol. The maximum atomic E-state index is 13.2. The summed E-state index contributed by atoms with van der Waals surface area (Å²) in [5.74, 6) is -1.34. The van der Waals surface area contributed by atoms with Gasteiger partial charge in [-0.25, -0.2) is 18.6 Å². The molecule has 4 nitrogen and oxygen atoms in total. The highest BCUT2D eigenvalue weighted by molar-refractivity contribution is 7.13. The lowest BCUT2D eigenvalue weighted by Gasteiger charge is -2.06. The second-order valence-corrected chi connectivity index (χ2v) is 3.94. The number of nitrogens with one attached hydrogen (secondary N) is 2. The molecule has 0 unspecified atom stereocenters. The Morgan fingerprint density at radius 3 is 2.82 bits per heavy atom. The molecule has 0 spiro atoms. The van der Waals surface area contributed by atoms with E-state index >= 15 is 0 Å². The van der Waals surface area contributed by atoms with E-state index in [1.165, 1.54) is 17.5 Å². The van der Waals surface area contributed by atoms with E-state index in [-0.39, 0.29) is 5.69 Å². The molecule has 0 saturated heterocycles. The van der Waals surface area contributed by atoms with Crippen LogP contribution in [0.4, 0.5) is 24.4 Å². The Morgan fingerprint density at radius 2 is 2.12 bits per heavy atom. The Bertz CT molecular complexity index is 530. The minimum Gasteiger partial charge on any atom is -0.305 e. The van der Waals surface area contributed by atoms with Gasteiger partial charge in [0, 0.05) is 17.6 Å². The zero-order valence-corrected chi connectivity index (χ0v) is 9.22. The maximum Gasteiger partial charge on any atom is 0.325 e. The normalized spacial score (nSPS) is 10.0. The molecule has 7 heteroatoms. The lowest BCUT2D eigenvalue weighted by Crippen LogP contribution is -2.20. The summed E-state index contributed by atoms with van der Waals surface area (Å²) in [5.41, 5.74) is -0.223. The van der Waals surface area contributed by atoms with Crippen LogP contribution in [0.1, 0.15) is 0 Å². The molecule has 0 radical (unpaired) electrons. The van der Waals surface area contributed by atoms with Crippen molar-refractivity contribution < 1.29 is 13.6 Å². The van der Waals surface area contributed by atoms with E-state index in [9.17, 15) is 13.6 Å². The summed E-state index contributed by atoms with van der Waals surface area (Å²) in [6.07, 6.45) is 1.52. The van der Waals surface area contributed by atoms with Crippen molar-refractivity contribution in [2.45, 2.75) is 0 Å². The Labute approximate surface area is 99.3 Å². The molecule has 0 aliphatic carbocycles. The van der Waals surface area contributed by atoms with Crippen molar-refractivity contribution in [2.24, 2.45) is 0 Å². The van der Waals surface area contributed by atoms with Crippen molar-refractivity contribution in [3.63, 3.8) is 0 Å². The molecule has 88 valence electrons. The fourth-order valence-electron chi connectivity index (χ4n) is 1.13. The van der Waals surface area contributed by atoms with Gasteiger partial charge in [-0.1, -0.05) is 0 Å². The van der Waals surface area contributed by atoms with Crippen LogP contribution in [-0.2, 0) is 0 Å². The number of benzene rings is 1. The number of carbonyl (C=O) groups excluding carboxylic acids is 1. The highest BCUT2D eigenvalue weighted by Crippen LogP contribution is 2.16. The van der Waals surface area contributed by atoms with Gasteiger partial charge in [0.25, 0.3) is 0 Å². The van der Waals surface area contributed by atoms with Gasteiger partial charge in [-0.3, -0.25) is 5.32 Å². The molecule has 2 rings (SSSR count). The van der Waals surface area contributed by atoms with Crippen molar-refractivity contribution in [2.75, 3.05) is 10.6 Å². The molecule has 2 N–H and O–H groups in total. The minimum absolute atomic E-state index is 0.223. The molecular formula is C10H7F2N3OS. The number of aromatic nitrogens is 1. The Balaban J connectivity index is 2.05. The zero-order valence-electron chi connectivity index (χ0n) is 8.41. The molecule has 1 aromatic heterocycles. The van der Waals surface area contributed by atoms with Gasteiger partial charge >= 0.3 is 6.03 Å². The van der Waals surface area contributed by atoms with Gasteiger partial charge in [-0.2, -0.15) is 0 Å². The van der Waals surface area contributed by atoms with E-state index in [0.29, 0.717) is 5.13 Å². The molecule has 0 saturated carbocycles. The standard InChI is InChI=1S/C10H7F2N3OS/c11-6-1-2-7(12)8(5-6)14-9(16)15-10-13-3-4-17-10/h1-5H,(H2,13,14,15,16). The summed E-state index contributed by atoms with van der Waals surface area (Å²) in [4.78, 5) is 15.2. The Morgan fingerprint density at radius 1 is 1.29 bits per heavy atom. The van der Waals surface area contributed by atoms with Crippen molar-refractivity contribution in [1.29, 1.82) is 0 Å². The van der Waals surface area contributed by atoms with Crippen LogP contribution in [0.2, 0.25) is 0 Å². The average molecular weight is 255 g/mol. The number of amides is 2. The molecule has 0 atom stereocenters. The summed E-state index contributed by atoms with van der Waals surface area (Å²) in [5, 5.41) is 6.63. The third kappa shape index (κ3) is 2.97. The Hall–Kier alpha value is -2.02. The summed E-state index contributed by atoms with van der Waals surface area (Å²) < 4.78 is 26.0. The molecular weight excluding hydrogens is 248 g/mol. The quantitative estimate of drug-likeness (QED) is 0.866. The van der Waals surface area contributed by atoms with E-state index in [1.54, 1.807) is 5.38 Å². The molecule has 0 aliphatic rings. The summed E-state index contributed by atoms with van der Waals surface area (Å²) in [7, 11) is 0. The third-order valence-corrected chi connectivity index (χ3v) is 2.52. The highest BCUT2D eigenvalue weighted by atomic mass is 32.1. The average Bonchev–Trinajstić information content (AvgIpc) is 2.76.